The van der Waals surface area contributed by atoms with Gasteiger partial charge in [-0.15, -0.1) is 0 Å². The summed E-state index contributed by atoms with van der Waals surface area (Å²) in [7, 11) is -2.24. The predicted octanol–water partition coefficient (Wildman–Crippen LogP) is 2.97. The summed E-state index contributed by atoms with van der Waals surface area (Å²) in [5, 5.41) is 2.78. The molecular formula is C20H26N2O3S2. The number of nitrogens with one attached hydrogen (secondary N) is 1. The molecule has 146 valence electrons. The Balaban J connectivity index is 1.74. The van der Waals surface area contributed by atoms with Gasteiger partial charge in [0.1, 0.15) is 0 Å². The Morgan fingerprint density at radius 3 is 2.44 bits per heavy atom. The molecule has 0 saturated carbocycles. The molecule has 0 spiro atoms. The van der Waals surface area contributed by atoms with Crippen LogP contribution < -0.4 is 5.32 Å². The van der Waals surface area contributed by atoms with E-state index < -0.39 is 10.0 Å². The summed E-state index contributed by atoms with van der Waals surface area (Å²) in [5.41, 5.74) is 3.48. The van der Waals surface area contributed by atoms with E-state index in [0.717, 1.165) is 21.4 Å². The average molecular weight is 407 g/mol. The standard InChI is InChI=1S/C20H26N2O3S2/c1-16-7-9-19(10-8-16)27(24,25)22(3)14-20(23)21-11-12-26-15-18-6-4-5-17(2)13-18/h4-10,13H,11-12,14-15H2,1-3H3,(H,21,23). The highest BCUT2D eigenvalue weighted by atomic mass is 32.2. The summed E-state index contributed by atoms with van der Waals surface area (Å²) in [6.07, 6.45) is 0. The van der Waals surface area contributed by atoms with Crippen LogP contribution in [0.2, 0.25) is 0 Å². The third-order valence-corrected chi connectivity index (χ3v) is 6.86. The largest absolute Gasteiger partial charge is 0.354 e. The molecule has 0 aromatic heterocycles. The van der Waals surface area contributed by atoms with Gasteiger partial charge in [0.25, 0.3) is 0 Å². The number of hydrogen-bond donors (Lipinski definition) is 1. The number of likely N-dealkylation sites (N-methyl/N-ethyl adjacent to an activating group) is 1. The first-order chi connectivity index (χ1) is 12.8. The number of amides is 1. The normalized spacial score (nSPS) is 11.6. The quantitative estimate of drug-likeness (QED) is 0.650. The molecule has 2 aromatic rings. The van der Waals surface area contributed by atoms with Crippen molar-refractivity contribution in [3.63, 3.8) is 0 Å². The number of sulfonamides is 1. The Morgan fingerprint density at radius 2 is 1.78 bits per heavy atom. The lowest BCUT2D eigenvalue weighted by Crippen LogP contribution is -2.39. The molecule has 0 bridgehead atoms. The van der Waals surface area contributed by atoms with Crippen molar-refractivity contribution in [2.45, 2.75) is 24.5 Å². The van der Waals surface area contributed by atoms with Gasteiger partial charge in [0, 0.05) is 25.1 Å². The second-order valence-electron chi connectivity index (χ2n) is 6.47. The Morgan fingerprint density at radius 1 is 1.07 bits per heavy atom. The zero-order valence-corrected chi connectivity index (χ0v) is 17.6. The third-order valence-electron chi connectivity index (χ3n) is 4.02. The summed E-state index contributed by atoms with van der Waals surface area (Å²) >= 11 is 1.73. The fourth-order valence-corrected chi connectivity index (χ4v) is 4.42. The topological polar surface area (TPSA) is 66.5 Å². The van der Waals surface area contributed by atoms with Gasteiger partial charge in [-0.2, -0.15) is 16.1 Å². The predicted molar refractivity (Wildman–Crippen MR) is 111 cm³/mol. The van der Waals surface area contributed by atoms with Crippen molar-refractivity contribution in [2.24, 2.45) is 0 Å². The van der Waals surface area contributed by atoms with Gasteiger partial charge in [-0.05, 0) is 31.5 Å². The van der Waals surface area contributed by atoms with Crippen LogP contribution >= 0.6 is 11.8 Å². The Kier molecular flexibility index (Phi) is 7.89. The van der Waals surface area contributed by atoms with E-state index in [9.17, 15) is 13.2 Å². The Hall–Kier alpha value is -1.83. The molecule has 0 saturated heterocycles. The zero-order chi connectivity index (χ0) is 19.9. The van der Waals surface area contributed by atoms with Crippen LogP contribution in [0.15, 0.2) is 53.4 Å². The molecular weight excluding hydrogens is 380 g/mol. The average Bonchev–Trinajstić information content (AvgIpc) is 2.61. The van der Waals surface area contributed by atoms with Gasteiger partial charge in [0.2, 0.25) is 15.9 Å². The lowest BCUT2D eigenvalue weighted by molar-refractivity contribution is -0.121. The highest BCUT2D eigenvalue weighted by Gasteiger charge is 2.22. The molecule has 5 nitrogen and oxygen atoms in total. The van der Waals surface area contributed by atoms with Crippen LogP contribution in [0.5, 0.6) is 0 Å². The highest BCUT2D eigenvalue weighted by Crippen LogP contribution is 2.15. The minimum Gasteiger partial charge on any atom is -0.354 e. The lowest BCUT2D eigenvalue weighted by Gasteiger charge is -2.17. The van der Waals surface area contributed by atoms with Crippen LogP contribution in [-0.4, -0.2) is 44.5 Å². The van der Waals surface area contributed by atoms with Crippen molar-refractivity contribution in [1.82, 2.24) is 9.62 Å². The van der Waals surface area contributed by atoms with E-state index in [1.54, 1.807) is 36.0 Å². The van der Waals surface area contributed by atoms with E-state index in [-0.39, 0.29) is 17.3 Å². The van der Waals surface area contributed by atoms with Gasteiger partial charge in [-0.3, -0.25) is 4.79 Å². The van der Waals surface area contributed by atoms with E-state index in [1.807, 2.05) is 13.0 Å². The molecule has 2 aromatic carbocycles. The first-order valence-corrected chi connectivity index (χ1v) is 11.3. The number of hydrogen-bond acceptors (Lipinski definition) is 4. The molecule has 0 aliphatic rings. The van der Waals surface area contributed by atoms with Gasteiger partial charge in [0.05, 0.1) is 11.4 Å². The van der Waals surface area contributed by atoms with Crippen molar-refractivity contribution >= 4 is 27.7 Å². The van der Waals surface area contributed by atoms with Crippen LogP contribution in [0.1, 0.15) is 16.7 Å². The van der Waals surface area contributed by atoms with Crippen LogP contribution in [0.25, 0.3) is 0 Å². The van der Waals surface area contributed by atoms with Crippen molar-refractivity contribution in [2.75, 3.05) is 25.9 Å². The van der Waals surface area contributed by atoms with Crippen molar-refractivity contribution < 1.29 is 13.2 Å². The molecule has 7 heteroatoms. The summed E-state index contributed by atoms with van der Waals surface area (Å²) in [4.78, 5) is 12.2. The second-order valence-corrected chi connectivity index (χ2v) is 9.62. The van der Waals surface area contributed by atoms with E-state index in [0.29, 0.717) is 6.54 Å². The van der Waals surface area contributed by atoms with Gasteiger partial charge in [-0.25, -0.2) is 8.42 Å². The summed E-state index contributed by atoms with van der Waals surface area (Å²) in [6.45, 7) is 4.27. The first kappa shape index (κ1) is 21.5. The molecule has 0 heterocycles. The number of nitrogens with zero attached hydrogens (tertiary/aromatic N) is 1. The molecule has 0 unspecified atom stereocenters. The molecule has 0 aliphatic heterocycles. The van der Waals surface area contributed by atoms with Gasteiger partial charge >= 0.3 is 0 Å². The Bertz CT molecular complexity index is 865. The van der Waals surface area contributed by atoms with E-state index in [1.165, 1.54) is 18.2 Å². The molecule has 0 radical (unpaired) electrons. The zero-order valence-electron chi connectivity index (χ0n) is 15.9. The molecule has 1 N–H and O–H groups in total. The summed E-state index contributed by atoms with van der Waals surface area (Å²) < 4.78 is 26.0. The number of aryl methyl sites for hydroxylation is 2. The maximum Gasteiger partial charge on any atom is 0.243 e. The molecule has 27 heavy (non-hydrogen) atoms. The van der Waals surface area contributed by atoms with Gasteiger partial charge < -0.3 is 5.32 Å². The van der Waals surface area contributed by atoms with Crippen molar-refractivity contribution in [3.05, 3.63) is 65.2 Å². The lowest BCUT2D eigenvalue weighted by atomic mass is 10.2. The number of rotatable bonds is 9. The SMILES string of the molecule is Cc1ccc(S(=O)(=O)N(C)CC(=O)NCCSCc2cccc(C)c2)cc1. The minimum absolute atomic E-state index is 0.192. The third kappa shape index (κ3) is 6.68. The van der Waals surface area contributed by atoms with E-state index in [4.69, 9.17) is 0 Å². The fourth-order valence-electron chi connectivity index (χ4n) is 2.49. The van der Waals surface area contributed by atoms with Crippen molar-refractivity contribution in [3.8, 4) is 0 Å². The number of thioether (sulfide) groups is 1. The second kappa shape index (κ2) is 9.92. The van der Waals surface area contributed by atoms with Crippen LogP contribution in [0.3, 0.4) is 0 Å². The molecule has 0 aliphatic carbocycles. The van der Waals surface area contributed by atoms with Crippen LogP contribution in [0, 0.1) is 13.8 Å². The minimum atomic E-state index is -3.66. The first-order valence-electron chi connectivity index (χ1n) is 8.72. The molecule has 0 atom stereocenters. The number of carbonyl (C=O) groups is 1. The van der Waals surface area contributed by atoms with Crippen LogP contribution in [-0.2, 0) is 20.6 Å². The summed E-state index contributed by atoms with van der Waals surface area (Å²) in [5.74, 6) is 1.36. The maximum atomic E-state index is 12.5. The van der Waals surface area contributed by atoms with E-state index >= 15 is 0 Å². The van der Waals surface area contributed by atoms with Crippen LogP contribution in [0.4, 0.5) is 0 Å². The number of carbonyl (C=O) groups excluding carboxylic acids is 1. The smallest absolute Gasteiger partial charge is 0.243 e. The molecule has 1 amide bonds. The van der Waals surface area contributed by atoms with E-state index in [2.05, 4.69) is 30.4 Å². The molecule has 0 fully saturated rings. The summed E-state index contributed by atoms with van der Waals surface area (Å²) in [6, 6.07) is 14.9. The van der Waals surface area contributed by atoms with Gasteiger partial charge in [-0.1, -0.05) is 47.5 Å². The van der Waals surface area contributed by atoms with Gasteiger partial charge in [0.15, 0.2) is 0 Å². The maximum absolute atomic E-state index is 12.5. The molecule has 2 rings (SSSR count). The fraction of sp³-hybridized carbons (Fsp3) is 0.350. The van der Waals surface area contributed by atoms with Crippen molar-refractivity contribution in [1.29, 1.82) is 0 Å². The highest BCUT2D eigenvalue weighted by molar-refractivity contribution is 7.98. The monoisotopic (exact) mass is 406 g/mol. The number of benzene rings is 2. The Labute approximate surface area is 166 Å².